The number of halogens is 1. The van der Waals surface area contributed by atoms with Crippen LogP contribution in [-0.4, -0.2) is 35.8 Å². The number of hydrogen-bond acceptors (Lipinski definition) is 10. The lowest BCUT2D eigenvalue weighted by molar-refractivity contribution is -0.384. The number of nitrogens with zero attached hydrogens (tertiary/aromatic N) is 3. The number of esters is 1. The number of methoxy groups -OCH3 is 1. The van der Waals surface area contributed by atoms with E-state index in [2.05, 4.69) is 20.9 Å². The second-order valence-corrected chi connectivity index (χ2v) is 11.6. The molecule has 0 unspecified atom stereocenters. The summed E-state index contributed by atoms with van der Waals surface area (Å²) in [4.78, 5) is 42.3. The number of hydrogen-bond donors (Lipinski definition) is 0. The molecule has 0 bridgehead atoms. The summed E-state index contributed by atoms with van der Waals surface area (Å²) in [5.41, 5.74) is 1.82. The SMILES string of the molecule is CCOc1ccc([C@@H]2C(C(=O)OC)=CN=c3s/c(=C\c4cc(Br)ccc4OCc4ccc([N+](=O)[O-])cc4)c(=O)n32)cc1OCC. The highest BCUT2D eigenvalue weighted by molar-refractivity contribution is 9.10. The first-order chi connectivity index (χ1) is 21.7. The van der Waals surface area contributed by atoms with E-state index in [4.69, 9.17) is 18.9 Å². The van der Waals surface area contributed by atoms with Crippen LogP contribution in [0.3, 0.4) is 0 Å². The number of thiazole rings is 1. The lowest BCUT2D eigenvalue weighted by Gasteiger charge is -2.23. The molecule has 11 nitrogen and oxygen atoms in total. The fourth-order valence-corrected chi connectivity index (χ4v) is 6.11. The molecule has 0 N–H and O–H groups in total. The largest absolute Gasteiger partial charge is 0.490 e. The number of carbonyl (C=O) groups excluding carboxylic acids is 1. The van der Waals surface area contributed by atoms with Crippen molar-refractivity contribution >= 4 is 45.0 Å². The molecule has 232 valence electrons. The molecule has 1 atom stereocenters. The monoisotopic (exact) mass is 693 g/mol. The van der Waals surface area contributed by atoms with Crippen LogP contribution in [0.15, 0.2) is 86.7 Å². The minimum Gasteiger partial charge on any atom is -0.490 e. The van der Waals surface area contributed by atoms with Crippen molar-refractivity contribution in [3.63, 3.8) is 0 Å². The van der Waals surface area contributed by atoms with Crippen molar-refractivity contribution in [2.75, 3.05) is 20.3 Å². The number of fused-ring (bicyclic) bond motifs is 1. The van der Waals surface area contributed by atoms with Gasteiger partial charge >= 0.3 is 5.97 Å². The molecule has 45 heavy (non-hydrogen) atoms. The van der Waals surface area contributed by atoms with Gasteiger partial charge in [-0.1, -0.05) is 33.3 Å². The minimum absolute atomic E-state index is 0.00790. The van der Waals surface area contributed by atoms with Gasteiger partial charge in [-0.05, 0) is 73.5 Å². The molecule has 1 aromatic heterocycles. The van der Waals surface area contributed by atoms with Gasteiger partial charge in [0, 0.05) is 28.4 Å². The van der Waals surface area contributed by atoms with Gasteiger partial charge in [0.15, 0.2) is 16.3 Å². The Bertz CT molecular complexity index is 1970. The van der Waals surface area contributed by atoms with Gasteiger partial charge in [-0.15, -0.1) is 0 Å². The Kier molecular flexibility index (Phi) is 9.79. The first kappa shape index (κ1) is 31.7. The Balaban J connectivity index is 1.57. The van der Waals surface area contributed by atoms with E-state index in [1.807, 2.05) is 26.0 Å². The number of nitro groups is 1. The van der Waals surface area contributed by atoms with Gasteiger partial charge in [-0.25, -0.2) is 9.79 Å². The van der Waals surface area contributed by atoms with Gasteiger partial charge in [0.1, 0.15) is 12.4 Å². The average molecular weight is 695 g/mol. The van der Waals surface area contributed by atoms with Crippen molar-refractivity contribution in [2.24, 2.45) is 4.99 Å². The third-order valence-corrected chi connectivity index (χ3v) is 8.30. The van der Waals surface area contributed by atoms with Crippen LogP contribution >= 0.6 is 27.3 Å². The Morgan fingerprint density at radius 1 is 1.02 bits per heavy atom. The topological polar surface area (TPSA) is 131 Å². The number of rotatable bonds is 11. The Labute approximate surface area is 269 Å². The molecule has 0 fully saturated rings. The average Bonchev–Trinajstić information content (AvgIpc) is 3.35. The van der Waals surface area contributed by atoms with E-state index in [9.17, 15) is 19.7 Å². The molecular weight excluding hydrogens is 666 g/mol. The third kappa shape index (κ3) is 6.84. The van der Waals surface area contributed by atoms with E-state index >= 15 is 0 Å². The fraction of sp³-hybridized carbons (Fsp3) is 0.219. The molecule has 1 aliphatic heterocycles. The van der Waals surface area contributed by atoms with Crippen molar-refractivity contribution in [1.82, 2.24) is 4.57 Å². The highest BCUT2D eigenvalue weighted by Crippen LogP contribution is 2.35. The van der Waals surface area contributed by atoms with Crippen LogP contribution in [-0.2, 0) is 16.1 Å². The van der Waals surface area contributed by atoms with E-state index < -0.39 is 16.9 Å². The molecule has 0 spiro atoms. The fourth-order valence-electron chi connectivity index (χ4n) is 4.77. The minimum atomic E-state index is -0.828. The molecule has 2 heterocycles. The molecule has 0 aliphatic carbocycles. The maximum Gasteiger partial charge on any atom is 0.337 e. The maximum absolute atomic E-state index is 14.0. The number of carbonyl (C=O) groups is 1. The van der Waals surface area contributed by atoms with E-state index in [0.29, 0.717) is 50.9 Å². The molecule has 0 saturated heterocycles. The van der Waals surface area contributed by atoms with E-state index in [0.717, 1.165) is 10.0 Å². The van der Waals surface area contributed by atoms with Crippen molar-refractivity contribution in [3.05, 3.63) is 123 Å². The summed E-state index contributed by atoms with van der Waals surface area (Å²) in [6.07, 6.45) is 3.14. The lowest BCUT2D eigenvalue weighted by Crippen LogP contribution is -2.39. The van der Waals surface area contributed by atoms with Crippen molar-refractivity contribution in [2.45, 2.75) is 26.5 Å². The molecule has 4 aromatic rings. The predicted octanol–water partition coefficient (Wildman–Crippen LogP) is 5.07. The van der Waals surface area contributed by atoms with Gasteiger partial charge in [-0.3, -0.25) is 19.5 Å². The summed E-state index contributed by atoms with van der Waals surface area (Å²) in [6, 6.07) is 16.0. The van der Waals surface area contributed by atoms with Crippen LogP contribution in [0.25, 0.3) is 6.08 Å². The predicted molar refractivity (Wildman–Crippen MR) is 172 cm³/mol. The molecule has 0 amide bonds. The van der Waals surface area contributed by atoms with Crippen LogP contribution in [0.2, 0.25) is 0 Å². The lowest BCUT2D eigenvalue weighted by atomic mass is 9.97. The quantitative estimate of drug-likeness (QED) is 0.121. The summed E-state index contributed by atoms with van der Waals surface area (Å²) in [5.74, 6) is 0.931. The van der Waals surface area contributed by atoms with E-state index in [-0.39, 0.29) is 23.4 Å². The van der Waals surface area contributed by atoms with E-state index in [1.165, 1.54) is 41.3 Å². The summed E-state index contributed by atoms with van der Waals surface area (Å²) in [6.45, 7) is 4.73. The smallest absolute Gasteiger partial charge is 0.337 e. The van der Waals surface area contributed by atoms with Crippen LogP contribution in [0.1, 0.15) is 36.6 Å². The number of ether oxygens (including phenoxy) is 4. The van der Waals surface area contributed by atoms with Crippen LogP contribution in [0.4, 0.5) is 5.69 Å². The molecule has 0 saturated carbocycles. The van der Waals surface area contributed by atoms with Crippen LogP contribution < -0.4 is 29.1 Å². The number of nitro benzene ring substituents is 1. The van der Waals surface area contributed by atoms with E-state index in [1.54, 1.807) is 42.5 Å². The van der Waals surface area contributed by atoms with Gasteiger partial charge < -0.3 is 18.9 Å². The highest BCUT2D eigenvalue weighted by atomic mass is 79.9. The zero-order chi connectivity index (χ0) is 32.1. The summed E-state index contributed by atoms with van der Waals surface area (Å²) in [7, 11) is 1.28. The Morgan fingerprint density at radius 2 is 1.73 bits per heavy atom. The first-order valence-corrected chi connectivity index (χ1v) is 15.5. The summed E-state index contributed by atoms with van der Waals surface area (Å²) >= 11 is 4.67. The molecule has 1 aliphatic rings. The zero-order valence-electron chi connectivity index (χ0n) is 24.5. The summed E-state index contributed by atoms with van der Waals surface area (Å²) in [5, 5.41) is 11.0. The second-order valence-electron chi connectivity index (χ2n) is 9.64. The van der Waals surface area contributed by atoms with Crippen molar-refractivity contribution in [3.8, 4) is 17.2 Å². The second kappa shape index (κ2) is 13.9. The van der Waals surface area contributed by atoms with Gasteiger partial charge in [-0.2, -0.15) is 0 Å². The Morgan fingerprint density at radius 3 is 2.42 bits per heavy atom. The number of benzene rings is 3. The highest BCUT2D eigenvalue weighted by Gasteiger charge is 2.31. The molecule has 0 radical (unpaired) electrons. The number of non-ortho nitro benzene ring substituents is 1. The summed E-state index contributed by atoms with van der Waals surface area (Å²) < 4.78 is 25.3. The van der Waals surface area contributed by atoms with Gasteiger partial charge in [0.05, 0.1) is 41.4 Å². The zero-order valence-corrected chi connectivity index (χ0v) is 26.9. The van der Waals surface area contributed by atoms with Crippen LogP contribution in [0.5, 0.6) is 17.2 Å². The standard InChI is InChI=1S/C32H28BrN3O8S/c1-4-42-26-12-8-20(15-27(26)43-5-2)29-24(31(38)41-3)17-34-32-35(29)30(37)28(45-32)16-21-14-22(33)9-13-25(21)44-18-19-6-10-23(11-7-19)36(39)40/h6-17,29H,4-5,18H2,1-3H3/b28-16-/t29-/m1/s1. The number of aromatic nitrogens is 1. The van der Waals surface area contributed by atoms with Crippen molar-refractivity contribution in [1.29, 1.82) is 0 Å². The van der Waals surface area contributed by atoms with Crippen molar-refractivity contribution < 1.29 is 28.7 Å². The maximum atomic E-state index is 14.0. The molecule has 13 heteroatoms. The Hall–Kier alpha value is -4.75. The third-order valence-electron chi connectivity index (χ3n) is 6.81. The molecule has 3 aromatic carbocycles. The molecular formula is C32H28BrN3O8S. The van der Waals surface area contributed by atoms with Crippen LogP contribution in [0, 0.1) is 10.1 Å². The van der Waals surface area contributed by atoms with Gasteiger partial charge in [0.25, 0.3) is 11.2 Å². The normalized spacial score (nSPS) is 14.2. The van der Waals surface area contributed by atoms with Gasteiger partial charge in [0.2, 0.25) is 0 Å². The molecule has 5 rings (SSSR count). The first-order valence-electron chi connectivity index (χ1n) is 13.9.